The second-order valence-electron chi connectivity index (χ2n) is 4.35. The van der Waals surface area contributed by atoms with E-state index in [4.69, 9.17) is 16.3 Å². The number of amides is 1. The Morgan fingerprint density at radius 1 is 1.42 bits per heavy atom. The molecule has 2 rings (SSSR count). The summed E-state index contributed by atoms with van der Waals surface area (Å²) in [6.45, 7) is 3.39. The minimum absolute atomic E-state index is 0.0190. The SMILES string of the molecule is O=C(COc1ccc(Cl)cc1Br)N1CCCNCC1. The van der Waals surface area contributed by atoms with E-state index in [-0.39, 0.29) is 12.5 Å². The van der Waals surface area contributed by atoms with E-state index in [1.807, 2.05) is 4.90 Å². The Bertz CT molecular complexity index is 448. The van der Waals surface area contributed by atoms with Crippen LogP contribution in [0.3, 0.4) is 0 Å². The Kier molecular flexibility index (Phi) is 5.48. The van der Waals surface area contributed by atoms with E-state index >= 15 is 0 Å². The Hall–Kier alpha value is -0.780. The molecule has 6 heteroatoms. The number of ether oxygens (including phenoxy) is 1. The van der Waals surface area contributed by atoms with Crippen LogP contribution in [0.2, 0.25) is 5.02 Å². The second-order valence-corrected chi connectivity index (χ2v) is 5.64. The van der Waals surface area contributed by atoms with Crippen LogP contribution in [0.5, 0.6) is 5.75 Å². The van der Waals surface area contributed by atoms with Gasteiger partial charge in [0.1, 0.15) is 5.75 Å². The van der Waals surface area contributed by atoms with Gasteiger partial charge in [-0.1, -0.05) is 11.6 Å². The molecular formula is C13H16BrClN2O2. The van der Waals surface area contributed by atoms with Gasteiger partial charge in [0.25, 0.3) is 5.91 Å². The summed E-state index contributed by atoms with van der Waals surface area (Å²) < 4.78 is 6.29. The standard InChI is InChI=1S/C13H16BrClN2O2/c14-11-8-10(15)2-3-12(11)19-9-13(18)17-6-1-4-16-5-7-17/h2-3,8,16H,1,4-7,9H2. The van der Waals surface area contributed by atoms with Crippen LogP contribution in [-0.4, -0.2) is 43.6 Å². The van der Waals surface area contributed by atoms with Crippen LogP contribution in [0, 0.1) is 0 Å². The highest BCUT2D eigenvalue weighted by molar-refractivity contribution is 9.10. The van der Waals surface area contributed by atoms with E-state index in [0.29, 0.717) is 10.8 Å². The maximum Gasteiger partial charge on any atom is 0.260 e. The molecule has 1 amide bonds. The van der Waals surface area contributed by atoms with Gasteiger partial charge in [0.05, 0.1) is 4.47 Å². The number of nitrogens with zero attached hydrogens (tertiary/aromatic N) is 1. The van der Waals surface area contributed by atoms with Crippen molar-refractivity contribution in [2.45, 2.75) is 6.42 Å². The molecule has 1 fully saturated rings. The summed E-state index contributed by atoms with van der Waals surface area (Å²) in [4.78, 5) is 13.9. The van der Waals surface area contributed by atoms with Crippen molar-refractivity contribution >= 4 is 33.4 Å². The van der Waals surface area contributed by atoms with Crippen molar-refractivity contribution in [1.82, 2.24) is 10.2 Å². The average molecular weight is 348 g/mol. The number of rotatable bonds is 3. The van der Waals surface area contributed by atoms with Gasteiger partial charge in [0, 0.05) is 24.7 Å². The van der Waals surface area contributed by atoms with Crippen LogP contribution in [0.25, 0.3) is 0 Å². The number of nitrogens with one attached hydrogen (secondary N) is 1. The van der Waals surface area contributed by atoms with Gasteiger partial charge in [-0.15, -0.1) is 0 Å². The number of carbonyl (C=O) groups excluding carboxylic acids is 1. The highest BCUT2D eigenvalue weighted by Crippen LogP contribution is 2.27. The van der Waals surface area contributed by atoms with Gasteiger partial charge < -0.3 is 15.0 Å². The molecule has 19 heavy (non-hydrogen) atoms. The number of hydrogen-bond donors (Lipinski definition) is 1. The second kappa shape index (κ2) is 7.12. The van der Waals surface area contributed by atoms with Crippen LogP contribution >= 0.6 is 27.5 Å². The molecule has 104 valence electrons. The van der Waals surface area contributed by atoms with E-state index in [9.17, 15) is 4.79 Å². The number of carbonyl (C=O) groups is 1. The summed E-state index contributed by atoms with van der Waals surface area (Å²) in [5, 5.41) is 3.89. The van der Waals surface area contributed by atoms with Gasteiger partial charge in [-0.25, -0.2) is 0 Å². The number of hydrogen-bond acceptors (Lipinski definition) is 3. The highest BCUT2D eigenvalue weighted by Gasteiger charge is 2.16. The fourth-order valence-corrected chi connectivity index (χ4v) is 2.72. The van der Waals surface area contributed by atoms with Crippen molar-refractivity contribution in [1.29, 1.82) is 0 Å². The lowest BCUT2D eigenvalue weighted by atomic mass is 10.3. The quantitative estimate of drug-likeness (QED) is 0.912. The molecule has 1 heterocycles. The van der Waals surface area contributed by atoms with Crippen LogP contribution in [0.4, 0.5) is 0 Å². The van der Waals surface area contributed by atoms with Crippen molar-refractivity contribution in [3.8, 4) is 5.75 Å². The molecule has 1 aromatic carbocycles. The minimum atomic E-state index is 0.0190. The molecule has 1 aromatic rings. The number of benzene rings is 1. The van der Waals surface area contributed by atoms with E-state index in [1.165, 1.54) is 0 Å². The predicted octanol–water partition coefficient (Wildman–Crippen LogP) is 2.30. The first-order chi connectivity index (χ1) is 9.16. The first kappa shape index (κ1) is 14.6. The first-order valence-corrected chi connectivity index (χ1v) is 7.40. The van der Waals surface area contributed by atoms with Crippen LogP contribution in [0.15, 0.2) is 22.7 Å². The molecule has 0 atom stereocenters. The molecule has 1 aliphatic heterocycles. The summed E-state index contributed by atoms with van der Waals surface area (Å²) >= 11 is 9.21. The Morgan fingerprint density at radius 2 is 2.26 bits per heavy atom. The van der Waals surface area contributed by atoms with Gasteiger partial charge in [-0.3, -0.25) is 4.79 Å². The molecule has 1 N–H and O–H groups in total. The summed E-state index contributed by atoms with van der Waals surface area (Å²) in [7, 11) is 0. The van der Waals surface area contributed by atoms with Gasteiger partial charge in [-0.2, -0.15) is 0 Å². The van der Waals surface area contributed by atoms with E-state index in [2.05, 4.69) is 21.2 Å². The molecule has 0 saturated carbocycles. The van der Waals surface area contributed by atoms with Crippen molar-refractivity contribution in [3.05, 3.63) is 27.7 Å². The van der Waals surface area contributed by atoms with Gasteiger partial charge in [0.2, 0.25) is 0 Å². The Labute approximate surface area is 126 Å². The number of halogens is 2. The largest absolute Gasteiger partial charge is 0.483 e. The summed E-state index contributed by atoms with van der Waals surface area (Å²) in [5.41, 5.74) is 0. The third kappa shape index (κ3) is 4.37. The lowest BCUT2D eigenvalue weighted by Gasteiger charge is -2.20. The molecular weight excluding hydrogens is 332 g/mol. The summed E-state index contributed by atoms with van der Waals surface area (Å²) in [6, 6.07) is 5.24. The summed E-state index contributed by atoms with van der Waals surface area (Å²) in [5.74, 6) is 0.649. The van der Waals surface area contributed by atoms with Crippen LogP contribution < -0.4 is 10.1 Å². The lowest BCUT2D eigenvalue weighted by molar-refractivity contribution is -0.133. The van der Waals surface area contributed by atoms with Crippen molar-refractivity contribution in [2.75, 3.05) is 32.8 Å². The molecule has 0 radical (unpaired) electrons. The van der Waals surface area contributed by atoms with Gasteiger partial charge in [-0.05, 0) is 47.1 Å². The zero-order chi connectivity index (χ0) is 13.7. The molecule has 1 aliphatic rings. The molecule has 0 bridgehead atoms. The molecule has 0 aliphatic carbocycles. The van der Waals surface area contributed by atoms with Gasteiger partial charge >= 0.3 is 0 Å². The zero-order valence-electron chi connectivity index (χ0n) is 10.5. The predicted molar refractivity (Wildman–Crippen MR) is 78.7 cm³/mol. The fourth-order valence-electron chi connectivity index (χ4n) is 1.92. The lowest BCUT2D eigenvalue weighted by Crippen LogP contribution is -2.37. The smallest absolute Gasteiger partial charge is 0.260 e. The van der Waals surface area contributed by atoms with Crippen molar-refractivity contribution < 1.29 is 9.53 Å². The maximum atomic E-state index is 12.0. The van der Waals surface area contributed by atoms with Crippen LogP contribution in [0.1, 0.15) is 6.42 Å². The third-order valence-electron chi connectivity index (χ3n) is 2.94. The molecule has 1 saturated heterocycles. The van der Waals surface area contributed by atoms with E-state index in [1.54, 1.807) is 18.2 Å². The normalized spacial score (nSPS) is 16.0. The fraction of sp³-hybridized carbons (Fsp3) is 0.462. The van der Waals surface area contributed by atoms with Crippen molar-refractivity contribution in [2.24, 2.45) is 0 Å². The van der Waals surface area contributed by atoms with Gasteiger partial charge in [0.15, 0.2) is 6.61 Å². The summed E-state index contributed by atoms with van der Waals surface area (Å²) in [6.07, 6.45) is 0.983. The molecule has 0 spiro atoms. The monoisotopic (exact) mass is 346 g/mol. The zero-order valence-corrected chi connectivity index (χ0v) is 12.8. The Balaban J connectivity index is 1.88. The van der Waals surface area contributed by atoms with Crippen molar-refractivity contribution in [3.63, 3.8) is 0 Å². The average Bonchev–Trinajstić information content (AvgIpc) is 2.66. The first-order valence-electron chi connectivity index (χ1n) is 6.23. The van der Waals surface area contributed by atoms with E-state index in [0.717, 1.165) is 37.1 Å². The maximum absolute atomic E-state index is 12.0. The highest BCUT2D eigenvalue weighted by atomic mass is 79.9. The molecule has 0 unspecified atom stereocenters. The molecule has 0 aromatic heterocycles. The minimum Gasteiger partial charge on any atom is -0.483 e. The van der Waals surface area contributed by atoms with E-state index < -0.39 is 0 Å². The third-order valence-corrected chi connectivity index (χ3v) is 3.79. The topological polar surface area (TPSA) is 41.6 Å². The Morgan fingerprint density at radius 3 is 3.05 bits per heavy atom. The molecule has 4 nitrogen and oxygen atoms in total. The van der Waals surface area contributed by atoms with Crippen LogP contribution in [-0.2, 0) is 4.79 Å².